The minimum Gasteiger partial charge on any atom is -0.309 e. The summed E-state index contributed by atoms with van der Waals surface area (Å²) in [5.74, 6) is 0. The summed E-state index contributed by atoms with van der Waals surface area (Å²) in [7, 11) is 4.23. The lowest BCUT2D eigenvalue weighted by Crippen LogP contribution is -2.28. The number of benzene rings is 1. The maximum absolute atomic E-state index is 3.60. The normalized spacial score (nSPS) is 16.7. The van der Waals surface area contributed by atoms with E-state index in [0.29, 0.717) is 6.04 Å². The van der Waals surface area contributed by atoms with Gasteiger partial charge < -0.3 is 10.2 Å². The predicted molar refractivity (Wildman–Crippen MR) is 78.1 cm³/mol. The number of hydrogen-bond acceptors (Lipinski definition) is 2. The average Bonchev–Trinajstić information content (AvgIpc) is 2.37. The van der Waals surface area contributed by atoms with Crippen LogP contribution in [0.5, 0.6) is 0 Å². The summed E-state index contributed by atoms with van der Waals surface area (Å²) in [5.41, 5.74) is 4.60. The Morgan fingerprint density at radius 2 is 1.89 bits per heavy atom. The molecule has 2 nitrogen and oxygen atoms in total. The van der Waals surface area contributed by atoms with Crippen LogP contribution in [0.25, 0.3) is 0 Å². The number of hydrogen-bond donors (Lipinski definition) is 1. The van der Waals surface area contributed by atoms with Crippen molar-refractivity contribution in [2.75, 3.05) is 27.2 Å². The molecule has 0 spiro atoms. The van der Waals surface area contributed by atoms with Gasteiger partial charge in [-0.15, -0.1) is 0 Å². The molecule has 0 fully saturated rings. The number of rotatable bonds is 5. The molecule has 1 aromatic rings. The molecule has 2 rings (SSSR count). The zero-order valence-electron chi connectivity index (χ0n) is 12.0. The lowest BCUT2D eigenvalue weighted by atomic mass is 9.89. The van der Waals surface area contributed by atoms with Crippen LogP contribution < -0.4 is 5.32 Å². The maximum atomic E-state index is 3.60. The van der Waals surface area contributed by atoms with Crippen molar-refractivity contribution in [2.24, 2.45) is 0 Å². The van der Waals surface area contributed by atoms with Crippen LogP contribution >= 0.6 is 0 Å². The van der Waals surface area contributed by atoms with Crippen LogP contribution in [0.2, 0.25) is 0 Å². The number of likely N-dealkylation sites (N-methyl/N-ethyl adjacent to an activating group) is 1. The van der Waals surface area contributed by atoms with Crippen LogP contribution in [-0.4, -0.2) is 32.1 Å². The van der Waals surface area contributed by atoms with E-state index in [2.05, 4.69) is 49.4 Å². The quantitative estimate of drug-likeness (QED) is 0.859. The summed E-state index contributed by atoms with van der Waals surface area (Å²) in [6.07, 6.45) is 5.27. The molecule has 1 aromatic carbocycles. The molecular formula is C16H26N2. The van der Waals surface area contributed by atoms with Gasteiger partial charge in [0.1, 0.15) is 0 Å². The third kappa shape index (κ3) is 3.56. The molecule has 1 aliphatic rings. The van der Waals surface area contributed by atoms with Crippen molar-refractivity contribution in [3.8, 4) is 0 Å². The van der Waals surface area contributed by atoms with Gasteiger partial charge in [-0.25, -0.2) is 0 Å². The Bertz CT molecular complexity index is 385. The second kappa shape index (κ2) is 6.35. The van der Waals surface area contributed by atoms with Gasteiger partial charge in [-0.3, -0.25) is 0 Å². The lowest BCUT2D eigenvalue weighted by Gasteiger charge is -2.20. The summed E-state index contributed by atoms with van der Waals surface area (Å²) < 4.78 is 0. The Hall–Kier alpha value is -0.860. The fraction of sp³-hybridized carbons (Fsp3) is 0.625. The maximum Gasteiger partial charge on any atom is 0.0292 e. The first-order valence-electron chi connectivity index (χ1n) is 7.16. The minimum atomic E-state index is 0.456. The van der Waals surface area contributed by atoms with Gasteiger partial charge in [0.25, 0.3) is 0 Å². The second-order valence-corrected chi connectivity index (χ2v) is 5.71. The second-order valence-electron chi connectivity index (χ2n) is 5.71. The Labute approximate surface area is 111 Å². The highest BCUT2D eigenvalue weighted by Gasteiger charge is 2.12. The Morgan fingerprint density at radius 1 is 1.17 bits per heavy atom. The summed E-state index contributed by atoms with van der Waals surface area (Å²) in [6.45, 7) is 4.40. The zero-order chi connectivity index (χ0) is 13.0. The standard InChI is InChI=1S/C16H26N2/c1-13(17-10-11-18(2)3)15-9-8-14-6-4-5-7-16(14)12-15/h8-9,12-13,17H,4-7,10-11H2,1-3H3. The average molecular weight is 246 g/mol. The Morgan fingerprint density at radius 3 is 2.61 bits per heavy atom. The van der Waals surface area contributed by atoms with E-state index in [0.717, 1.165) is 13.1 Å². The first kappa shape index (κ1) is 13.6. The highest BCUT2D eigenvalue weighted by molar-refractivity contribution is 5.35. The third-order valence-corrected chi connectivity index (χ3v) is 3.88. The number of nitrogens with one attached hydrogen (secondary N) is 1. The van der Waals surface area contributed by atoms with Crippen molar-refractivity contribution >= 4 is 0 Å². The summed E-state index contributed by atoms with van der Waals surface area (Å²) in [5, 5.41) is 3.60. The van der Waals surface area contributed by atoms with Gasteiger partial charge in [0.15, 0.2) is 0 Å². The van der Waals surface area contributed by atoms with Crippen molar-refractivity contribution in [1.29, 1.82) is 0 Å². The largest absolute Gasteiger partial charge is 0.309 e. The lowest BCUT2D eigenvalue weighted by molar-refractivity contribution is 0.389. The Kier molecular flexibility index (Phi) is 4.79. The van der Waals surface area contributed by atoms with Gasteiger partial charge in [0.05, 0.1) is 0 Å². The predicted octanol–water partition coefficient (Wildman–Crippen LogP) is 2.78. The fourth-order valence-corrected chi connectivity index (χ4v) is 2.65. The first-order valence-corrected chi connectivity index (χ1v) is 7.16. The number of aryl methyl sites for hydroxylation is 2. The first-order chi connectivity index (χ1) is 8.66. The van der Waals surface area contributed by atoms with Crippen molar-refractivity contribution in [1.82, 2.24) is 10.2 Å². The van der Waals surface area contributed by atoms with Crippen LogP contribution in [0.1, 0.15) is 42.5 Å². The number of nitrogens with zero attached hydrogens (tertiary/aromatic N) is 1. The molecule has 0 radical (unpaired) electrons. The topological polar surface area (TPSA) is 15.3 Å². The van der Waals surface area contributed by atoms with Crippen molar-refractivity contribution in [3.05, 3.63) is 34.9 Å². The molecule has 18 heavy (non-hydrogen) atoms. The van der Waals surface area contributed by atoms with Crippen molar-refractivity contribution < 1.29 is 0 Å². The van der Waals surface area contributed by atoms with E-state index >= 15 is 0 Å². The summed E-state index contributed by atoms with van der Waals surface area (Å²) >= 11 is 0. The van der Waals surface area contributed by atoms with Crippen molar-refractivity contribution in [2.45, 2.75) is 38.6 Å². The SMILES string of the molecule is CC(NCCN(C)C)c1ccc2c(c1)CCCC2. The van der Waals surface area contributed by atoms with E-state index in [1.54, 1.807) is 11.1 Å². The molecule has 0 saturated carbocycles. The van der Waals surface area contributed by atoms with Gasteiger partial charge in [-0.05, 0) is 63.4 Å². The van der Waals surface area contributed by atoms with E-state index in [1.165, 1.54) is 31.2 Å². The van der Waals surface area contributed by atoms with E-state index < -0.39 is 0 Å². The van der Waals surface area contributed by atoms with Crippen LogP contribution in [0.15, 0.2) is 18.2 Å². The van der Waals surface area contributed by atoms with Gasteiger partial charge in [0, 0.05) is 19.1 Å². The smallest absolute Gasteiger partial charge is 0.0292 e. The molecule has 1 unspecified atom stereocenters. The summed E-state index contributed by atoms with van der Waals surface area (Å²) in [6, 6.07) is 7.52. The van der Waals surface area contributed by atoms with Crippen molar-refractivity contribution in [3.63, 3.8) is 0 Å². The molecule has 0 amide bonds. The van der Waals surface area contributed by atoms with Crippen LogP contribution in [0.3, 0.4) is 0 Å². The molecule has 0 aliphatic heterocycles. The van der Waals surface area contributed by atoms with Crippen LogP contribution in [-0.2, 0) is 12.8 Å². The van der Waals surface area contributed by atoms with E-state index in [1.807, 2.05) is 0 Å². The van der Waals surface area contributed by atoms with Gasteiger partial charge in [-0.2, -0.15) is 0 Å². The molecule has 1 N–H and O–H groups in total. The molecular weight excluding hydrogens is 220 g/mol. The van der Waals surface area contributed by atoms with Gasteiger partial charge >= 0.3 is 0 Å². The van der Waals surface area contributed by atoms with Gasteiger partial charge in [-0.1, -0.05) is 18.2 Å². The Balaban J connectivity index is 1.95. The van der Waals surface area contributed by atoms with Crippen LogP contribution in [0, 0.1) is 0 Å². The van der Waals surface area contributed by atoms with E-state index in [-0.39, 0.29) is 0 Å². The van der Waals surface area contributed by atoms with Gasteiger partial charge in [0.2, 0.25) is 0 Å². The molecule has 2 heteroatoms. The molecule has 1 atom stereocenters. The zero-order valence-corrected chi connectivity index (χ0v) is 12.0. The molecule has 0 bridgehead atoms. The summed E-state index contributed by atoms with van der Waals surface area (Å²) in [4.78, 5) is 2.21. The molecule has 1 aliphatic carbocycles. The molecule has 0 saturated heterocycles. The highest BCUT2D eigenvalue weighted by Crippen LogP contribution is 2.24. The van der Waals surface area contributed by atoms with E-state index in [9.17, 15) is 0 Å². The fourth-order valence-electron chi connectivity index (χ4n) is 2.65. The van der Waals surface area contributed by atoms with E-state index in [4.69, 9.17) is 0 Å². The third-order valence-electron chi connectivity index (χ3n) is 3.88. The minimum absolute atomic E-state index is 0.456. The number of fused-ring (bicyclic) bond motifs is 1. The molecule has 0 heterocycles. The molecule has 100 valence electrons. The highest BCUT2D eigenvalue weighted by atomic mass is 15.1. The monoisotopic (exact) mass is 246 g/mol. The molecule has 0 aromatic heterocycles. The van der Waals surface area contributed by atoms with Crippen LogP contribution in [0.4, 0.5) is 0 Å².